The van der Waals surface area contributed by atoms with Gasteiger partial charge in [0.15, 0.2) is 0 Å². The number of hydrogen-bond acceptors (Lipinski definition) is 3. The highest BCUT2D eigenvalue weighted by molar-refractivity contribution is 7.71. The van der Waals surface area contributed by atoms with E-state index in [1.807, 2.05) is 3.96 Å². The van der Waals surface area contributed by atoms with Crippen molar-refractivity contribution in [3.63, 3.8) is 0 Å². The smallest absolute Gasteiger partial charge is 0.136 e. The Morgan fingerprint density at radius 2 is 2.44 bits per heavy atom. The van der Waals surface area contributed by atoms with E-state index in [2.05, 4.69) is 18.2 Å². The lowest BCUT2D eigenvalue weighted by molar-refractivity contribution is 0.644. The quantitative estimate of drug-likeness (QED) is 0.586. The summed E-state index contributed by atoms with van der Waals surface area (Å²) in [5.74, 6) is 0. The van der Waals surface area contributed by atoms with E-state index >= 15 is 0 Å². The fourth-order valence-electron chi connectivity index (χ4n) is 0.565. The van der Waals surface area contributed by atoms with Crippen LogP contribution in [0.3, 0.4) is 0 Å². The van der Waals surface area contributed by atoms with E-state index in [9.17, 15) is 0 Å². The normalized spacial score (nSPS) is 10.6. The molecule has 50 valence electrons. The molecule has 0 fully saturated rings. The Balaban J connectivity index is 3.08. The van der Waals surface area contributed by atoms with Gasteiger partial charge in [-0.2, -0.15) is 4.37 Å². The van der Waals surface area contributed by atoms with E-state index in [0.717, 1.165) is 4.64 Å². The van der Waals surface area contributed by atoms with Crippen LogP contribution in [0.2, 0.25) is 0 Å². The summed E-state index contributed by atoms with van der Waals surface area (Å²) in [4.78, 5) is 0. The van der Waals surface area contributed by atoms with Gasteiger partial charge >= 0.3 is 0 Å². The molecule has 0 aliphatic rings. The molecule has 1 aromatic heterocycles. The lowest BCUT2D eigenvalue weighted by Gasteiger charge is -2.01. The average Bonchev–Trinajstić information content (AvgIpc) is 2.13. The summed E-state index contributed by atoms with van der Waals surface area (Å²) < 4.78 is 6.77. The fraction of sp³-hybridized carbons (Fsp3) is 0.600. The molecule has 1 rings (SSSR count). The lowest BCUT2D eigenvalue weighted by Crippen LogP contribution is -1.94. The summed E-state index contributed by atoms with van der Waals surface area (Å²) in [6.07, 6.45) is 1.71. The summed E-state index contributed by atoms with van der Waals surface area (Å²) >= 11 is 6.39. The van der Waals surface area contributed by atoms with E-state index in [4.69, 9.17) is 12.2 Å². The molecule has 1 aromatic rings. The van der Waals surface area contributed by atoms with E-state index < -0.39 is 0 Å². The van der Waals surface area contributed by atoms with Gasteiger partial charge in [-0.05, 0) is 13.8 Å². The topological polar surface area (TPSA) is 17.8 Å². The Kier molecular flexibility index (Phi) is 1.97. The SMILES string of the molecule is CC(C)n1sncc1=S. The number of hydrogen-bond donors (Lipinski definition) is 0. The zero-order valence-corrected chi connectivity index (χ0v) is 7.00. The van der Waals surface area contributed by atoms with Crippen LogP contribution in [0.5, 0.6) is 0 Å². The Hall–Kier alpha value is -0.220. The minimum absolute atomic E-state index is 0.449. The first-order valence-electron chi connectivity index (χ1n) is 2.75. The monoisotopic (exact) mass is 160 g/mol. The second-order valence-corrected chi connectivity index (χ2v) is 3.26. The fourth-order valence-corrected chi connectivity index (χ4v) is 1.56. The Morgan fingerprint density at radius 1 is 1.78 bits per heavy atom. The van der Waals surface area contributed by atoms with Gasteiger partial charge in [0, 0.05) is 17.8 Å². The molecule has 4 heteroatoms. The van der Waals surface area contributed by atoms with Crippen molar-refractivity contribution >= 4 is 23.9 Å². The minimum atomic E-state index is 0.449. The summed E-state index contributed by atoms with van der Waals surface area (Å²) in [7, 11) is 0. The zero-order chi connectivity index (χ0) is 6.85. The van der Waals surface area contributed by atoms with Crippen molar-refractivity contribution < 1.29 is 0 Å². The molecule has 1 heterocycles. The molecular formula is C5H8N2S2. The third kappa shape index (κ3) is 1.37. The third-order valence-electron chi connectivity index (χ3n) is 0.984. The van der Waals surface area contributed by atoms with Crippen LogP contribution in [0.15, 0.2) is 6.20 Å². The van der Waals surface area contributed by atoms with Gasteiger partial charge in [0.25, 0.3) is 0 Å². The Morgan fingerprint density at radius 3 is 2.67 bits per heavy atom. The van der Waals surface area contributed by atoms with Crippen molar-refractivity contribution in [1.82, 2.24) is 8.33 Å². The number of rotatable bonds is 1. The first-order chi connectivity index (χ1) is 4.22. The number of aromatic nitrogens is 2. The maximum absolute atomic E-state index is 4.97. The molecule has 0 spiro atoms. The van der Waals surface area contributed by atoms with Crippen LogP contribution >= 0.6 is 23.9 Å². The second-order valence-electron chi connectivity index (χ2n) is 2.07. The summed E-state index contributed by atoms with van der Waals surface area (Å²) in [5.41, 5.74) is 0. The zero-order valence-electron chi connectivity index (χ0n) is 5.37. The summed E-state index contributed by atoms with van der Waals surface area (Å²) in [6.45, 7) is 4.18. The highest BCUT2D eigenvalue weighted by atomic mass is 32.1. The van der Waals surface area contributed by atoms with E-state index in [1.54, 1.807) is 6.20 Å². The summed E-state index contributed by atoms with van der Waals surface area (Å²) in [6, 6.07) is 0.449. The van der Waals surface area contributed by atoms with Crippen molar-refractivity contribution in [2.24, 2.45) is 0 Å². The van der Waals surface area contributed by atoms with E-state index in [1.165, 1.54) is 11.7 Å². The molecule has 0 saturated heterocycles. The van der Waals surface area contributed by atoms with Crippen LogP contribution in [0.25, 0.3) is 0 Å². The molecule has 0 N–H and O–H groups in total. The van der Waals surface area contributed by atoms with Crippen LogP contribution in [-0.2, 0) is 0 Å². The van der Waals surface area contributed by atoms with Crippen molar-refractivity contribution in [3.8, 4) is 0 Å². The van der Waals surface area contributed by atoms with Crippen molar-refractivity contribution in [2.45, 2.75) is 19.9 Å². The molecule has 0 amide bonds. The lowest BCUT2D eigenvalue weighted by atomic mass is 10.4. The van der Waals surface area contributed by atoms with Crippen molar-refractivity contribution in [2.75, 3.05) is 0 Å². The molecule has 9 heavy (non-hydrogen) atoms. The van der Waals surface area contributed by atoms with Gasteiger partial charge in [-0.15, -0.1) is 0 Å². The first-order valence-corrected chi connectivity index (χ1v) is 3.89. The molecule has 0 radical (unpaired) electrons. The highest BCUT2D eigenvalue weighted by Crippen LogP contribution is 2.07. The molecule has 0 aromatic carbocycles. The van der Waals surface area contributed by atoms with Crippen molar-refractivity contribution in [1.29, 1.82) is 0 Å². The first kappa shape index (κ1) is 6.89. The van der Waals surface area contributed by atoms with Gasteiger partial charge in [-0.25, -0.2) is 0 Å². The van der Waals surface area contributed by atoms with Gasteiger partial charge in [0.1, 0.15) is 4.64 Å². The molecular weight excluding hydrogens is 152 g/mol. The van der Waals surface area contributed by atoms with Gasteiger partial charge in [0.05, 0.1) is 6.20 Å². The van der Waals surface area contributed by atoms with Crippen LogP contribution < -0.4 is 0 Å². The molecule has 0 atom stereocenters. The number of nitrogens with zero attached hydrogens (tertiary/aromatic N) is 2. The standard InChI is InChI=1S/C5H8N2S2/c1-4(2)7-5(8)3-6-9-7/h3-4H,1-2H3. The van der Waals surface area contributed by atoms with Crippen molar-refractivity contribution in [3.05, 3.63) is 10.8 Å². The van der Waals surface area contributed by atoms with Gasteiger partial charge in [-0.1, -0.05) is 12.2 Å². The predicted molar refractivity (Wildman–Crippen MR) is 41.3 cm³/mol. The average molecular weight is 160 g/mol. The van der Waals surface area contributed by atoms with Crippen LogP contribution in [0, 0.1) is 4.64 Å². The molecule has 0 bridgehead atoms. The Labute approximate surface area is 63.5 Å². The molecule has 0 aliphatic carbocycles. The van der Waals surface area contributed by atoms with Crippen LogP contribution in [0.1, 0.15) is 19.9 Å². The largest absolute Gasteiger partial charge is 0.268 e. The molecule has 0 unspecified atom stereocenters. The Bertz CT molecular complexity index is 235. The summed E-state index contributed by atoms with van der Waals surface area (Å²) in [5, 5.41) is 0. The van der Waals surface area contributed by atoms with E-state index in [-0.39, 0.29) is 0 Å². The second kappa shape index (κ2) is 2.58. The van der Waals surface area contributed by atoms with Gasteiger partial charge < -0.3 is 0 Å². The third-order valence-corrected chi connectivity index (χ3v) is 2.40. The minimum Gasteiger partial charge on any atom is -0.268 e. The molecule has 0 aliphatic heterocycles. The van der Waals surface area contributed by atoms with Gasteiger partial charge in [0.2, 0.25) is 0 Å². The maximum atomic E-state index is 4.97. The molecule has 0 saturated carbocycles. The maximum Gasteiger partial charge on any atom is 0.136 e. The van der Waals surface area contributed by atoms with Crippen LogP contribution in [0.4, 0.5) is 0 Å². The van der Waals surface area contributed by atoms with Gasteiger partial charge in [-0.3, -0.25) is 3.96 Å². The van der Waals surface area contributed by atoms with Crippen LogP contribution in [-0.4, -0.2) is 8.33 Å². The highest BCUT2D eigenvalue weighted by Gasteiger charge is 1.97. The van der Waals surface area contributed by atoms with E-state index in [0.29, 0.717) is 6.04 Å². The predicted octanol–water partition coefficient (Wildman–Crippen LogP) is 2.25. The molecule has 2 nitrogen and oxygen atoms in total.